The molecule has 2 aliphatic rings. The molecule has 1 aromatic carbocycles. The van der Waals surface area contributed by atoms with E-state index < -0.39 is 0 Å². The second kappa shape index (κ2) is 6.15. The summed E-state index contributed by atoms with van der Waals surface area (Å²) < 4.78 is 0. The van der Waals surface area contributed by atoms with Gasteiger partial charge >= 0.3 is 0 Å². The summed E-state index contributed by atoms with van der Waals surface area (Å²) in [7, 11) is 0. The van der Waals surface area contributed by atoms with E-state index in [-0.39, 0.29) is 6.10 Å². The van der Waals surface area contributed by atoms with Gasteiger partial charge in [-0.15, -0.1) is 0 Å². The maximum Gasteiger partial charge on any atom is 0.0787 e. The maximum atomic E-state index is 9.85. The van der Waals surface area contributed by atoms with Crippen LogP contribution in [0.5, 0.6) is 0 Å². The van der Waals surface area contributed by atoms with Gasteiger partial charge in [0.15, 0.2) is 0 Å². The predicted octanol–water partition coefficient (Wildman–Crippen LogP) is 2.80. The standard InChI is InChI=1S/C17H26N2O/c1-2-17(20)14-5-7-15(8-6-14)19-12-9-16(13-19)18-10-3-4-11-18/h5-8,16-17,20H,2-4,9-13H2,1H3/t16?,17-/m0/s1. The average Bonchev–Trinajstić information content (AvgIpc) is 3.17. The highest BCUT2D eigenvalue weighted by Crippen LogP contribution is 2.27. The van der Waals surface area contributed by atoms with Crippen LogP contribution in [0.3, 0.4) is 0 Å². The number of hydrogen-bond donors (Lipinski definition) is 1. The molecule has 110 valence electrons. The van der Waals surface area contributed by atoms with Gasteiger partial charge in [0.1, 0.15) is 0 Å². The topological polar surface area (TPSA) is 26.7 Å². The molecule has 2 atom stereocenters. The Labute approximate surface area is 122 Å². The smallest absolute Gasteiger partial charge is 0.0787 e. The van der Waals surface area contributed by atoms with Crippen molar-refractivity contribution in [1.29, 1.82) is 0 Å². The molecule has 20 heavy (non-hydrogen) atoms. The molecule has 0 aliphatic carbocycles. The summed E-state index contributed by atoms with van der Waals surface area (Å²) in [6, 6.07) is 9.24. The molecule has 0 bridgehead atoms. The first-order valence-electron chi connectivity index (χ1n) is 8.05. The summed E-state index contributed by atoms with van der Waals surface area (Å²) in [4.78, 5) is 5.15. The Morgan fingerprint density at radius 1 is 1.15 bits per heavy atom. The summed E-state index contributed by atoms with van der Waals surface area (Å²) in [5.74, 6) is 0. The van der Waals surface area contributed by atoms with Gasteiger partial charge in [-0.3, -0.25) is 4.90 Å². The van der Waals surface area contributed by atoms with E-state index in [2.05, 4.69) is 34.1 Å². The van der Waals surface area contributed by atoms with Gasteiger partial charge in [0.25, 0.3) is 0 Å². The second-order valence-corrected chi connectivity index (χ2v) is 6.15. The van der Waals surface area contributed by atoms with Crippen molar-refractivity contribution in [2.75, 3.05) is 31.1 Å². The highest BCUT2D eigenvalue weighted by molar-refractivity contribution is 5.49. The number of aliphatic hydroxyl groups is 1. The summed E-state index contributed by atoms with van der Waals surface area (Å²) in [5, 5.41) is 9.85. The molecule has 3 heteroatoms. The van der Waals surface area contributed by atoms with Gasteiger partial charge in [-0.05, 0) is 56.5 Å². The first-order chi connectivity index (χ1) is 9.78. The fourth-order valence-electron chi connectivity index (χ4n) is 3.52. The third kappa shape index (κ3) is 2.84. The monoisotopic (exact) mass is 274 g/mol. The first kappa shape index (κ1) is 13.9. The van der Waals surface area contributed by atoms with E-state index in [4.69, 9.17) is 0 Å². The number of rotatable bonds is 4. The Hall–Kier alpha value is -1.06. The van der Waals surface area contributed by atoms with Crippen LogP contribution in [-0.4, -0.2) is 42.2 Å². The van der Waals surface area contributed by atoms with Crippen molar-refractivity contribution in [2.24, 2.45) is 0 Å². The summed E-state index contributed by atoms with van der Waals surface area (Å²) in [6.07, 6.45) is 4.50. The molecule has 1 aromatic rings. The highest BCUT2D eigenvalue weighted by Gasteiger charge is 2.29. The molecule has 3 rings (SSSR count). The van der Waals surface area contributed by atoms with E-state index in [1.807, 2.05) is 6.92 Å². The quantitative estimate of drug-likeness (QED) is 0.914. The van der Waals surface area contributed by atoms with Crippen molar-refractivity contribution in [3.8, 4) is 0 Å². The van der Waals surface area contributed by atoms with Crippen LogP contribution in [0, 0.1) is 0 Å². The zero-order chi connectivity index (χ0) is 13.9. The van der Waals surface area contributed by atoms with E-state index in [1.54, 1.807) is 0 Å². The van der Waals surface area contributed by atoms with Crippen molar-refractivity contribution in [1.82, 2.24) is 4.90 Å². The molecular formula is C17H26N2O. The molecule has 1 N–H and O–H groups in total. The zero-order valence-corrected chi connectivity index (χ0v) is 12.5. The van der Waals surface area contributed by atoms with Crippen LogP contribution in [0.1, 0.15) is 44.3 Å². The Bertz CT molecular complexity index is 425. The predicted molar refractivity (Wildman–Crippen MR) is 83.1 cm³/mol. The van der Waals surface area contributed by atoms with Crippen molar-refractivity contribution < 1.29 is 5.11 Å². The minimum atomic E-state index is -0.319. The Morgan fingerprint density at radius 3 is 2.50 bits per heavy atom. The second-order valence-electron chi connectivity index (χ2n) is 6.15. The molecule has 0 aromatic heterocycles. The SMILES string of the molecule is CC[C@H](O)c1ccc(N2CCC(N3CCCC3)C2)cc1. The van der Waals surface area contributed by atoms with Crippen molar-refractivity contribution in [3.63, 3.8) is 0 Å². The number of nitrogens with zero attached hydrogens (tertiary/aromatic N) is 2. The van der Waals surface area contributed by atoms with E-state index >= 15 is 0 Å². The van der Waals surface area contributed by atoms with Crippen molar-refractivity contribution in [2.45, 2.75) is 44.8 Å². The minimum absolute atomic E-state index is 0.319. The van der Waals surface area contributed by atoms with E-state index in [9.17, 15) is 5.11 Å². The van der Waals surface area contributed by atoms with Crippen LogP contribution >= 0.6 is 0 Å². The molecular weight excluding hydrogens is 248 g/mol. The van der Waals surface area contributed by atoms with E-state index in [0.717, 1.165) is 31.1 Å². The summed E-state index contributed by atoms with van der Waals surface area (Å²) in [5.41, 5.74) is 2.34. The molecule has 1 unspecified atom stereocenters. The fourth-order valence-corrected chi connectivity index (χ4v) is 3.52. The fraction of sp³-hybridized carbons (Fsp3) is 0.647. The molecule has 2 fully saturated rings. The Balaban J connectivity index is 1.62. The van der Waals surface area contributed by atoms with Crippen molar-refractivity contribution in [3.05, 3.63) is 29.8 Å². The lowest BCUT2D eigenvalue weighted by molar-refractivity contribution is 0.173. The van der Waals surface area contributed by atoms with E-state index in [0.29, 0.717) is 0 Å². The number of aliphatic hydroxyl groups excluding tert-OH is 1. The number of hydrogen-bond acceptors (Lipinski definition) is 3. The molecule has 3 nitrogen and oxygen atoms in total. The lowest BCUT2D eigenvalue weighted by Crippen LogP contribution is -2.35. The number of anilines is 1. The molecule has 0 radical (unpaired) electrons. The van der Waals surface area contributed by atoms with Crippen LogP contribution in [-0.2, 0) is 0 Å². The van der Waals surface area contributed by atoms with Crippen LogP contribution in [0.15, 0.2) is 24.3 Å². The lowest BCUT2D eigenvalue weighted by atomic mass is 10.1. The van der Waals surface area contributed by atoms with Crippen LogP contribution in [0.4, 0.5) is 5.69 Å². The van der Waals surface area contributed by atoms with Crippen LogP contribution < -0.4 is 4.90 Å². The summed E-state index contributed by atoms with van der Waals surface area (Å²) >= 11 is 0. The van der Waals surface area contributed by atoms with Gasteiger partial charge < -0.3 is 10.0 Å². The first-order valence-corrected chi connectivity index (χ1v) is 8.05. The minimum Gasteiger partial charge on any atom is -0.388 e. The van der Waals surface area contributed by atoms with Crippen LogP contribution in [0.2, 0.25) is 0 Å². The Kier molecular flexibility index (Phi) is 4.27. The van der Waals surface area contributed by atoms with Crippen molar-refractivity contribution >= 4 is 5.69 Å². The third-order valence-corrected chi connectivity index (χ3v) is 4.85. The summed E-state index contributed by atoms with van der Waals surface area (Å²) in [6.45, 7) is 6.92. The molecule has 2 saturated heterocycles. The van der Waals surface area contributed by atoms with Gasteiger partial charge in [0.2, 0.25) is 0 Å². The number of likely N-dealkylation sites (tertiary alicyclic amines) is 1. The molecule has 0 spiro atoms. The van der Waals surface area contributed by atoms with Gasteiger partial charge in [-0.2, -0.15) is 0 Å². The zero-order valence-electron chi connectivity index (χ0n) is 12.5. The van der Waals surface area contributed by atoms with Gasteiger partial charge in [-0.1, -0.05) is 19.1 Å². The molecule has 0 saturated carbocycles. The molecule has 0 amide bonds. The normalized spacial score (nSPS) is 25.3. The largest absolute Gasteiger partial charge is 0.388 e. The highest BCUT2D eigenvalue weighted by atomic mass is 16.3. The van der Waals surface area contributed by atoms with E-state index in [1.165, 1.54) is 38.0 Å². The Morgan fingerprint density at radius 2 is 1.85 bits per heavy atom. The maximum absolute atomic E-state index is 9.85. The van der Waals surface area contributed by atoms with Gasteiger partial charge in [0, 0.05) is 24.8 Å². The molecule has 2 aliphatic heterocycles. The average molecular weight is 274 g/mol. The van der Waals surface area contributed by atoms with Crippen LogP contribution in [0.25, 0.3) is 0 Å². The lowest BCUT2D eigenvalue weighted by Gasteiger charge is -2.24. The molecule has 2 heterocycles. The van der Waals surface area contributed by atoms with Gasteiger partial charge in [-0.25, -0.2) is 0 Å². The van der Waals surface area contributed by atoms with Gasteiger partial charge in [0.05, 0.1) is 6.10 Å². The third-order valence-electron chi connectivity index (χ3n) is 4.85. The number of benzene rings is 1.